The molecule has 30 heavy (non-hydrogen) atoms. The van der Waals surface area contributed by atoms with Gasteiger partial charge in [-0.1, -0.05) is 29.8 Å². The molecule has 1 N–H and O–H groups in total. The molecule has 2 aromatic rings. The van der Waals surface area contributed by atoms with E-state index >= 15 is 0 Å². The molecule has 0 radical (unpaired) electrons. The highest BCUT2D eigenvalue weighted by atomic mass is 35.5. The summed E-state index contributed by atoms with van der Waals surface area (Å²) in [5.74, 6) is -1.57. The molecule has 1 aliphatic rings. The van der Waals surface area contributed by atoms with Crippen LogP contribution in [0.15, 0.2) is 42.5 Å². The lowest BCUT2D eigenvalue weighted by atomic mass is 10.1. The zero-order valence-corrected chi connectivity index (χ0v) is 18.1. The second-order valence-corrected chi connectivity index (χ2v) is 8.08. The molecule has 7 heteroatoms. The van der Waals surface area contributed by atoms with Crippen molar-refractivity contribution in [3.8, 4) is 0 Å². The van der Waals surface area contributed by atoms with Crippen molar-refractivity contribution in [3.05, 3.63) is 70.2 Å². The molecule has 4 nitrogen and oxygen atoms in total. The van der Waals surface area contributed by atoms with Gasteiger partial charge < -0.3 is 10.2 Å². The van der Waals surface area contributed by atoms with E-state index in [0.29, 0.717) is 49.7 Å². The summed E-state index contributed by atoms with van der Waals surface area (Å²) in [7, 11) is 0. The molecular formula is C23H28ClF2N3O. The highest BCUT2D eigenvalue weighted by molar-refractivity contribution is 6.30. The molecule has 2 aromatic carbocycles. The van der Waals surface area contributed by atoms with Gasteiger partial charge in [0.25, 0.3) is 0 Å². The average Bonchev–Trinajstić information content (AvgIpc) is 3.14. The van der Waals surface area contributed by atoms with Crippen LogP contribution >= 0.6 is 11.6 Å². The maximum atomic E-state index is 13.5. The normalized spacial score (nSPS) is 19.2. The van der Waals surface area contributed by atoms with Crippen LogP contribution in [0.1, 0.15) is 31.4 Å². The summed E-state index contributed by atoms with van der Waals surface area (Å²) in [6.07, 6.45) is 0.673. The summed E-state index contributed by atoms with van der Waals surface area (Å²) in [6, 6.07) is 11.4. The first-order valence-electron chi connectivity index (χ1n) is 10.4. The van der Waals surface area contributed by atoms with Crippen molar-refractivity contribution in [1.82, 2.24) is 15.1 Å². The van der Waals surface area contributed by atoms with E-state index in [0.717, 1.165) is 11.6 Å². The number of hydrogen-bond acceptors (Lipinski definition) is 3. The van der Waals surface area contributed by atoms with Gasteiger partial charge in [0.2, 0.25) is 5.91 Å². The Hall–Kier alpha value is -2.02. The van der Waals surface area contributed by atoms with Gasteiger partial charge in [0, 0.05) is 43.8 Å². The van der Waals surface area contributed by atoms with E-state index in [1.807, 2.05) is 43.0 Å². The molecule has 0 spiro atoms. The van der Waals surface area contributed by atoms with Crippen molar-refractivity contribution < 1.29 is 13.6 Å². The van der Waals surface area contributed by atoms with Gasteiger partial charge in [0.05, 0.1) is 6.04 Å². The second-order valence-electron chi connectivity index (χ2n) is 7.64. The Kier molecular flexibility index (Phi) is 7.81. The van der Waals surface area contributed by atoms with Crippen molar-refractivity contribution in [2.75, 3.05) is 19.6 Å². The van der Waals surface area contributed by atoms with E-state index < -0.39 is 11.6 Å². The Balaban J connectivity index is 1.70. The van der Waals surface area contributed by atoms with Gasteiger partial charge in [-0.15, -0.1) is 0 Å². The molecule has 1 amide bonds. The molecule has 0 aromatic heterocycles. The second kappa shape index (κ2) is 10.3. The van der Waals surface area contributed by atoms with Crippen molar-refractivity contribution in [1.29, 1.82) is 0 Å². The molecule has 1 aliphatic heterocycles. The van der Waals surface area contributed by atoms with E-state index in [1.54, 1.807) is 6.07 Å². The van der Waals surface area contributed by atoms with Crippen LogP contribution in [-0.2, 0) is 17.9 Å². The number of nitrogens with zero attached hydrogens (tertiary/aromatic N) is 2. The summed E-state index contributed by atoms with van der Waals surface area (Å²) >= 11 is 6.00. The molecule has 0 saturated carbocycles. The third-order valence-corrected chi connectivity index (χ3v) is 5.89. The Morgan fingerprint density at radius 1 is 1.10 bits per heavy atom. The van der Waals surface area contributed by atoms with E-state index in [4.69, 9.17) is 11.6 Å². The molecule has 1 fully saturated rings. The van der Waals surface area contributed by atoms with Gasteiger partial charge in [-0.2, -0.15) is 0 Å². The highest BCUT2D eigenvalue weighted by Gasteiger charge is 2.38. The van der Waals surface area contributed by atoms with Crippen LogP contribution in [0.25, 0.3) is 0 Å². The minimum atomic E-state index is -0.848. The summed E-state index contributed by atoms with van der Waals surface area (Å²) in [6.45, 7) is 7.09. The fourth-order valence-corrected chi connectivity index (χ4v) is 4.09. The maximum absolute atomic E-state index is 13.5. The quantitative estimate of drug-likeness (QED) is 0.674. The number of amides is 1. The van der Waals surface area contributed by atoms with Gasteiger partial charge in [-0.25, -0.2) is 8.78 Å². The monoisotopic (exact) mass is 435 g/mol. The zero-order valence-electron chi connectivity index (χ0n) is 17.4. The SMILES string of the molecule is CCN(CC)C(=O)[C@@H]1C[C@H](NCc2ccc(F)c(F)c2)CN1Cc1ccc(Cl)cc1. The number of carbonyl (C=O) groups is 1. The number of benzene rings is 2. The van der Waals surface area contributed by atoms with Crippen LogP contribution < -0.4 is 5.32 Å². The van der Waals surface area contributed by atoms with Gasteiger partial charge in [0.1, 0.15) is 0 Å². The molecule has 0 bridgehead atoms. The van der Waals surface area contributed by atoms with Crippen molar-refractivity contribution in [3.63, 3.8) is 0 Å². The summed E-state index contributed by atoms with van der Waals surface area (Å²) in [5, 5.41) is 4.09. The maximum Gasteiger partial charge on any atom is 0.239 e. The molecule has 0 unspecified atom stereocenters. The van der Waals surface area contributed by atoms with Gasteiger partial charge in [-0.3, -0.25) is 9.69 Å². The van der Waals surface area contributed by atoms with Gasteiger partial charge >= 0.3 is 0 Å². The molecule has 0 aliphatic carbocycles. The van der Waals surface area contributed by atoms with Crippen molar-refractivity contribution in [2.24, 2.45) is 0 Å². The minimum Gasteiger partial charge on any atom is -0.342 e. The Labute approximate surface area is 181 Å². The van der Waals surface area contributed by atoms with Crippen LogP contribution in [0.3, 0.4) is 0 Å². The first kappa shape index (κ1) is 22.7. The fourth-order valence-electron chi connectivity index (χ4n) is 3.97. The predicted molar refractivity (Wildman–Crippen MR) is 115 cm³/mol. The van der Waals surface area contributed by atoms with Crippen LogP contribution in [0.5, 0.6) is 0 Å². The van der Waals surface area contributed by atoms with Crippen molar-refractivity contribution in [2.45, 2.75) is 45.4 Å². The van der Waals surface area contributed by atoms with E-state index in [9.17, 15) is 13.6 Å². The van der Waals surface area contributed by atoms with Crippen molar-refractivity contribution >= 4 is 17.5 Å². The standard InChI is InChI=1S/C23H28ClF2N3O/c1-3-28(4-2)23(30)22-12-19(27-13-17-7-10-20(25)21(26)11-17)15-29(22)14-16-5-8-18(24)9-6-16/h5-11,19,22,27H,3-4,12-15H2,1-2H3/t19-,22-/m0/s1. The zero-order chi connectivity index (χ0) is 21.7. The molecular weight excluding hydrogens is 408 g/mol. The van der Waals surface area contributed by atoms with Gasteiger partial charge in [0.15, 0.2) is 11.6 Å². The number of likely N-dealkylation sites (tertiary alicyclic amines) is 1. The van der Waals surface area contributed by atoms with E-state index in [1.165, 1.54) is 6.07 Å². The number of likely N-dealkylation sites (N-methyl/N-ethyl adjacent to an activating group) is 1. The van der Waals surface area contributed by atoms with Gasteiger partial charge in [-0.05, 0) is 55.7 Å². The topological polar surface area (TPSA) is 35.6 Å². The third kappa shape index (κ3) is 5.56. The lowest BCUT2D eigenvalue weighted by Gasteiger charge is -2.28. The average molecular weight is 436 g/mol. The number of nitrogens with one attached hydrogen (secondary N) is 1. The van der Waals surface area contributed by atoms with Crippen LogP contribution in [0.4, 0.5) is 8.78 Å². The lowest BCUT2D eigenvalue weighted by Crippen LogP contribution is -2.45. The number of carbonyl (C=O) groups excluding carboxylic acids is 1. The fraction of sp³-hybridized carbons (Fsp3) is 0.435. The van der Waals surface area contributed by atoms with Crippen LogP contribution in [0, 0.1) is 11.6 Å². The first-order chi connectivity index (χ1) is 14.4. The Bertz CT molecular complexity index is 858. The smallest absolute Gasteiger partial charge is 0.239 e. The molecule has 162 valence electrons. The Morgan fingerprint density at radius 2 is 1.77 bits per heavy atom. The molecule has 3 rings (SSSR count). The lowest BCUT2D eigenvalue weighted by molar-refractivity contribution is -0.135. The number of rotatable bonds is 8. The van der Waals surface area contributed by atoms with E-state index in [-0.39, 0.29) is 18.0 Å². The molecule has 2 atom stereocenters. The number of halogens is 3. The summed E-state index contributed by atoms with van der Waals surface area (Å²) in [5.41, 5.74) is 1.77. The highest BCUT2D eigenvalue weighted by Crippen LogP contribution is 2.24. The summed E-state index contributed by atoms with van der Waals surface area (Å²) < 4.78 is 26.6. The predicted octanol–water partition coefficient (Wildman–Crippen LogP) is 4.22. The summed E-state index contributed by atoms with van der Waals surface area (Å²) in [4.78, 5) is 17.2. The van der Waals surface area contributed by atoms with Crippen LogP contribution in [-0.4, -0.2) is 47.4 Å². The largest absolute Gasteiger partial charge is 0.342 e. The minimum absolute atomic E-state index is 0.0786. The first-order valence-corrected chi connectivity index (χ1v) is 10.7. The van der Waals surface area contributed by atoms with E-state index in [2.05, 4.69) is 10.2 Å². The Morgan fingerprint density at radius 3 is 2.40 bits per heavy atom. The third-order valence-electron chi connectivity index (χ3n) is 5.64. The van der Waals surface area contributed by atoms with Crippen LogP contribution in [0.2, 0.25) is 5.02 Å². The molecule has 1 heterocycles. The molecule has 1 saturated heterocycles. The number of hydrogen-bond donors (Lipinski definition) is 1.